The fourth-order valence-electron chi connectivity index (χ4n) is 2.37. The third-order valence-electron chi connectivity index (χ3n) is 3.71. The van der Waals surface area contributed by atoms with Crippen molar-refractivity contribution < 1.29 is 4.74 Å². The largest absolute Gasteiger partial charge is 0.495 e. The van der Waals surface area contributed by atoms with Crippen LogP contribution in [0.25, 0.3) is 0 Å². The van der Waals surface area contributed by atoms with E-state index in [0.29, 0.717) is 0 Å². The van der Waals surface area contributed by atoms with Crippen LogP contribution >= 0.6 is 0 Å². The Bertz CT molecular complexity index is 585. The summed E-state index contributed by atoms with van der Waals surface area (Å²) < 4.78 is 5.33. The second kappa shape index (κ2) is 6.27. The first-order chi connectivity index (χ1) is 9.91. The van der Waals surface area contributed by atoms with Crippen molar-refractivity contribution in [1.29, 1.82) is 0 Å². The van der Waals surface area contributed by atoms with Crippen LogP contribution in [-0.2, 0) is 11.8 Å². The van der Waals surface area contributed by atoms with E-state index in [2.05, 4.69) is 50.0 Å². The van der Waals surface area contributed by atoms with Gasteiger partial charge in [-0.05, 0) is 29.0 Å². The maximum absolute atomic E-state index is 6.32. The summed E-state index contributed by atoms with van der Waals surface area (Å²) in [4.78, 5) is 4.06. The summed E-state index contributed by atoms with van der Waals surface area (Å²) in [7, 11) is 1.64. The van der Waals surface area contributed by atoms with Crippen molar-refractivity contribution in [2.75, 3.05) is 7.11 Å². The highest BCUT2D eigenvalue weighted by atomic mass is 16.5. The van der Waals surface area contributed by atoms with Crippen LogP contribution < -0.4 is 10.5 Å². The fourth-order valence-corrected chi connectivity index (χ4v) is 2.37. The lowest BCUT2D eigenvalue weighted by Gasteiger charge is -2.20. The zero-order chi connectivity index (χ0) is 15.5. The number of nitrogens with zero attached hydrogens (tertiary/aromatic N) is 1. The zero-order valence-electron chi connectivity index (χ0n) is 13.3. The van der Waals surface area contributed by atoms with E-state index in [1.807, 2.05) is 6.07 Å². The molecule has 0 spiro atoms. The zero-order valence-corrected chi connectivity index (χ0v) is 13.3. The number of pyridine rings is 1. The van der Waals surface area contributed by atoms with Crippen molar-refractivity contribution in [3.8, 4) is 5.75 Å². The van der Waals surface area contributed by atoms with E-state index >= 15 is 0 Å². The summed E-state index contributed by atoms with van der Waals surface area (Å²) in [5.74, 6) is 0.747. The van der Waals surface area contributed by atoms with Gasteiger partial charge < -0.3 is 10.5 Å². The lowest BCUT2D eigenvalue weighted by atomic mass is 9.86. The van der Waals surface area contributed by atoms with E-state index in [-0.39, 0.29) is 11.5 Å². The minimum atomic E-state index is -0.0940. The molecule has 1 unspecified atom stereocenters. The first-order valence-corrected chi connectivity index (χ1v) is 7.24. The molecule has 2 aromatic rings. The van der Waals surface area contributed by atoms with E-state index in [1.54, 1.807) is 19.5 Å². The third kappa shape index (κ3) is 3.82. The summed E-state index contributed by atoms with van der Waals surface area (Å²) in [6, 6.07) is 10.5. The molecular formula is C18H24N2O. The molecule has 21 heavy (non-hydrogen) atoms. The van der Waals surface area contributed by atoms with Gasteiger partial charge in [-0.2, -0.15) is 0 Å². The maximum Gasteiger partial charge on any atom is 0.141 e. The highest BCUT2D eigenvalue weighted by Gasteiger charge is 2.15. The highest BCUT2D eigenvalue weighted by molar-refractivity contribution is 5.35. The van der Waals surface area contributed by atoms with Crippen molar-refractivity contribution in [3.63, 3.8) is 0 Å². The molecule has 0 saturated carbocycles. The Labute approximate surface area is 127 Å². The first kappa shape index (κ1) is 15.5. The van der Waals surface area contributed by atoms with Gasteiger partial charge in [0.1, 0.15) is 5.75 Å². The number of hydrogen-bond acceptors (Lipinski definition) is 3. The van der Waals surface area contributed by atoms with E-state index in [9.17, 15) is 0 Å². The van der Waals surface area contributed by atoms with Crippen LogP contribution in [0.2, 0.25) is 0 Å². The monoisotopic (exact) mass is 284 g/mol. The number of methoxy groups -OCH3 is 1. The summed E-state index contributed by atoms with van der Waals surface area (Å²) in [5.41, 5.74) is 10.1. The number of rotatable bonds is 4. The molecule has 112 valence electrons. The minimum Gasteiger partial charge on any atom is -0.495 e. The van der Waals surface area contributed by atoms with Crippen LogP contribution in [0.1, 0.15) is 43.5 Å². The van der Waals surface area contributed by atoms with Crippen LogP contribution in [-0.4, -0.2) is 12.1 Å². The highest BCUT2D eigenvalue weighted by Crippen LogP contribution is 2.26. The van der Waals surface area contributed by atoms with E-state index < -0.39 is 0 Å². The molecular weight excluding hydrogens is 260 g/mol. The van der Waals surface area contributed by atoms with Gasteiger partial charge in [-0.15, -0.1) is 0 Å². The van der Waals surface area contributed by atoms with Gasteiger partial charge in [-0.25, -0.2) is 0 Å². The van der Waals surface area contributed by atoms with Crippen LogP contribution in [0.5, 0.6) is 5.75 Å². The van der Waals surface area contributed by atoms with Crippen LogP contribution in [0.3, 0.4) is 0 Å². The summed E-state index contributed by atoms with van der Waals surface area (Å²) in [5, 5.41) is 0. The standard InChI is InChI=1S/C18H24N2O/c1-18(2,3)14-7-5-13(6-8-14)11-16(19)15-9-10-20-12-17(15)21-4/h5-10,12,16H,11,19H2,1-4H3. The molecule has 0 amide bonds. The van der Waals surface area contributed by atoms with E-state index in [0.717, 1.165) is 17.7 Å². The Hall–Kier alpha value is -1.87. The SMILES string of the molecule is COc1cnccc1C(N)Cc1ccc(C(C)(C)C)cc1. The Morgan fingerprint density at radius 3 is 2.38 bits per heavy atom. The van der Waals surface area contributed by atoms with Gasteiger partial charge in [0.05, 0.1) is 13.3 Å². The van der Waals surface area contributed by atoms with Gasteiger partial charge in [-0.1, -0.05) is 45.0 Å². The predicted molar refractivity (Wildman–Crippen MR) is 86.6 cm³/mol. The van der Waals surface area contributed by atoms with Gasteiger partial charge in [0.2, 0.25) is 0 Å². The molecule has 0 aliphatic carbocycles. The van der Waals surface area contributed by atoms with Crippen molar-refractivity contribution in [1.82, 2.24) is 4.98 Å². The number of hydrogen-bond donors (Lipinski definition) is 1. The lowest BCUT2D eigenvalue weighted by molar-refractivity contribution is 0.403. The quantitative estimate of drug-likeness (QED) is 0.932. The average Bonchev–Trinajstić information content (AvgIpc) is 2.46. The molecule has 2 N–H and O–H groups in total. The summed E-state index contributed by atoms with van der Waals surface area (Å²) >= 11 is 0. The Kier molecular flexibility index (Phi) is 4.63. The van der Waals surface area contributed by atoms with Crippen molar-refractivity contribution in [3.05, 3.63) is 59.4 Å². The topological polar surface area (TPSA) is 48.1 Å². The second-order valence-corrected chi connectivity index (χ2v) is 6.38. The minimum absolute atomic E-state index is 0.0940. The molecule has 0 aliphatic heterocycles. The normalized spacial score (nSPS) is 13.0. The molecule has 1 aromatic carbocycles. The lowest BCUT2D eigenvalue weighted by Crippen LogP contribution is -2.15. The fraction of sp³-hybridized carbons (Fsp3) is 0.389. The molecule has 1 atom stereocenters. The Morgan fingerprint density at radius 1 is 1.14 bits per heavy atom. The predicted octanol–water partition coefficient (Wildman–Crippen LogP) is 3.63. The number of benzene rings is 1. The van der Waals surface area contributed by atoms with Crippen molar-refractivity contribution in [2.45, 2.75) is 38.6 Å². The van der Waals surface area contributed by atoms with Gasteiger partial charge in [-0.3, -0.25) is 4.98 Å². The van der Waals surface area contributed by atoms with E-state index in [4.69, 9.17) is 10.5 Å². The molecule has 0 aliphatic rings. The van der Waals surface area contributed by atoms with Gasteiger partial charge in [0.15, 0.2) is 0 Å². The van der Waals surface area contributed by atoms with Crippen molar-refractivity contribution >= 4 is 0 Å². The number of aromatic nitrogens is 1. The Morgan fingerprint density at radius 2 is 1.81 bits per heavy atom. The van der Waals surface area contributed by atoms with E-state index in [1.165, 1.54) is 11.1 Å². The average molecular weight is 284 g/mol. The van der Waals surface area contributed by atoms with Gasteiger partial charge in [0.25, 0.3) is 0 Å². The summed E-state index contributed by atoms with van der Waals surface area (Å²) in [6.07, 6.45) is 4.24. The van der Waals surface area contributed by atoms with Crippen molar-refractivity contribution in [2.24, 2.45) is 5.73 Å². The van der Waals surface area contributed by atoms with Crippen LogP contribution in [0.15, 0.2) is 42.7 Å². The molecule has 2 rings (SSSR count). The molecule has 0 bridgehead atoms. The number of ether oxygens (including phenoxy) is 1. The third-order valence-corrected chi connectivity index (χ3v) is 3.71. The molecule has 0 saturated heterocycles. The smallest absolute Gasteiger partial charge is 0.141 e. The molecule has 0 fully saturated rings. The van der Waals surface area contributed by atoms with Gasteiger partial charge in [0, 0.05) is 17.8 Å². The molecule has 0 radical (unpaired) electrons. The first-order valence-electron chi connectivity index (χ1n) is 7.24. The molecule has 3 heteroatoms. The van der Waals surface area contributed by atoms with Crippen LogP contribution in [0, 0.1) is 0 Å². The molecule has 3 nitrogen and oxygen atoms in total. The molecule has 1 heterocycles. The molecule has 1 aromatic heterocycles. The number of nitrogens with two attached hydrogens (primary N) is 1. The second-order valence-electron chi connectivity index (χ2n) is 6.38. The van der Waals surface area contributed by atoms with Gasteiger partial charge >= 0.3 is 0 Å². The Balaban J connectivity index is 2.14. The summed E-state index contributed by atoms with van der Waals surface area (Å²) in [6.45, 7) is 6.65. The maximum atomic E-state index is 6.32. The van der Waals surface area contributed by atoms with Crippen LogP contribution in [0.4, 0.5) is 0 Å².